The van der Waals surface area contributed by atoms with Crippen LogP contribution in [-0.4, -0.2) is 11.4 Å². The average molecular weight is 432 g/mol. The standard InChI is InChI=1S/C6H12O2.2ClH.2H3N.H2O.Pt/c1-2-3-4-5-6(7)8;;;;;;/h2-5H2,1H3,(H,7,8);2*1H;2*1H3;1H2;/q;;;;;;+4/p-4. The average Bonchev–Trinajstić information content (AvgIpc) is 1.66. The Kier molecular flexibility index (Phi) is 125. The van der Waals surface area contributed by atoms with Crippen LogP contribution in [0.1, 0.15) is 32.6 Å². The van der Waals surface area contributed by atoms with E-state index in [0.717, 1.165) is 19.3 Å². The van der Waals surface area contributed by atoms with Crippen molar-refractivity contribution in [3.63, 3.8) is 0 Å². The first-order chi connectivity index (χ1) is 3.77. The molecule has 5 nitrogen and oxygen atoms in total. The molecule has 0 aromatic rings. The Labute approximate surface area is 112 Å². The molecule has 0 saturated heterocycles. The summed E-state index contributed by atoms with van der Waals surface area (Å²) in [6.45, 7) is 2.04. The molecule has 0 aliphatic carbocycles. The molecule has 7 N–H and O–H groups in total. The second kappa shape index (κ2) is 37.4. The minimum absolute atomic E-state index is 0. The molecule has 14 heavy (non-hydrogen) atoms. The topological polar surface area (TPSA) is 140 Å². The van der Waals surface area contributed by atoms with E-state index in [1.807, 2.05) is 6.92 Å². The van der Waals surface area contributed by atoms with Crippen LogP contribution >= 0.6 is 0 Å². The SMILES string of the molecule is CCCCCC(=O)[O-].N.N.[Cl-].[Cl-].[OH-].[Pt+4]. The van der Waals surface area contributed by atoms with Gasteiger partial charge >= 0.3 is 21.1 Å². The number of carbonyl (C=O) groups excluding carboxylic acids is 1. The minimum Gasteiger partial charge on any atom is -1.00 e. The van der Waals surface area contributed by atoms with Gasteiger partial charge in [0.2, 0.25) is 0 Å². The number of unbranched alkanes of at least 4 members (excludes halogenated alkanes) is 2. The molecule has 0 atom stereocenters. The molecular weight excluding hydrogens is 414 g/mol. The van der Waals surface area contributed by atoms with E-state index in [-0.39, 0.29) is 70.1 Å². The Morgan fingerprint density at radius 2 is 1.50 bits per heavy atom. The summed E-state index contributed by atoms with van der Waals surface area (Å²) in [7, 11) is 0. The summed E-state index contributed by atoms with van der Waals surface area (Å²) in [5, 5.41) is 9.76. The maximum absolute atomic E-state index is 9.76. The quantitative estimate of drug-likeness (QED) is 0.427. The zero-order valence-corrected chi connectivity index (χ0v) is 11.9. The Morgan fingerprint density at radius 1 is 1.14 bits per heavy atom. The number of carbonyl (C=O) groups is 1. The Balaban J connectivity index is -0.0000000163. The molecule has 8 heteroatoms. The van der Waals surface area contributed by atoms with Gasteiger partial charge in [-0.1, -0.05) is 19.8 Å². The smallest absolute Gasteiger partial charge is 1.00 e. The van der Waals surface area contributed by atoms with Gasteiger partial charge in [0.15, 0.2) is 0 Å². The van der Waals surface area contributed by atoms with Crippen LogP contribution < -0.4 is 42.2 Å². The summed E-state index contributed by atoms with van der Waals surface area (Å²) in [5.41, 5.74) is 0. The van der Waals surface area contributed by atoms with Crippen molar-refractivity contribution < 1.29 is 61.3 Å². The van der Waals surface area contributed by atoms with Crippen molar-refractivity contribution >= 4 is 5.97 Å². The zero-order valence-electron chi connectivity index (χ0n) is 8.08. The summed E-state index contributed by atoms with van der Waals surface area (Å²) in [6, 6.07) is 0. The number of hydrogen-bond donors (Lipinski definition) is 2. The van der Waals surface area contributed by atoms with Crippen molar-refractivity contribution in [1.29, 1.82) is 0 Å². The Hall–Kier alpha value is 0.618. The van der Waals surface area contributed by atoms with Gasteiger partial charge in [-0.15, -0.1) is 0 Å². The molecule has 0 bridgehead atoms. The van der Waals surface area contributed by atoms with Crippen LogP contribution in [0, 0.1) is 0 Å². The third-order valence-corrected chi connectivity index (χ3v) is 0.984. The number of rotatable bonds is 4. The van der Waals surface area contributed by atoms with Crippen LogP contribution in [0.4, 0.5) is 0 Å². The van der Waals surface area contributed by atoms with Crippen molar-refractivity contribution in [3.8, 4) is 0 Å². The third-order valence-electron chi connectivity index (χ3n) is 0.984. The number of carboxylic acids is 1. The second-order valence-electron chi connectivity index (χ2n) is 1.83. The number of carboxylic acid groups (broad SMARTS) is 1. The van der Waals surface area contributed by atoms with Gasteiger partial charge in [-0.3, -0.25) is 0 Å². The van der Waals surface area contributed by atoms with Gasteiger partial charge < -0.3 is 52.5 Å². The normalized spacial score (nSPS) is 5.21. The largest absolute Gasteiger partial charge is 4.00 e. The van der Waals surface area contributed by atoms with Gasteiger partial charge in [-0.2, -0.15) is 0 Å². The van der Waals surface area contributed by atoms with Crippen molar-refractivity contribution in [2.45, 2.75) is 32.6 Å². The van der Waals surface area contributed by atoms with E-state index in [4.69, 9.17) is 0 Å². The maximum Gasteiger partial charge on any atom is 4.00 e. The predicted octanol–water partition coefficient (Wildman–Crippen LogP) is -5.53. The van der Waals surface area contributed by atoms with Crippen molar-refractivity contribution in [1.82, 2.24) is 12.3 Å². The predicted molar refractivity (Wildman–Crippen MR) is 41.1 cm³/mol. The fourth-order valence-electron chi connectivity index (χ4n) is 0.519. The van der Waals surface area contributed by atoms with E-state index < -0.39 is 5.97 Å². The third kappa shape index (κ3) is 54.0. The molecule has 94 valence electrons. The van der Waals surface area contributed by atoms with Gasteiger partial charge in [0.1, 0.15) is 0 Å². The molecule has 0 fully saturated rings. The molecule has 0 saturated carbocycles. The summed E-state index contributed by atoms with van der Waals surface area (Å²) in [5.74, 6) is -0.932. The van der Waals surface area contributed by atoms with Crippen LogP contribution in [-0.2, 0) is 25.9 Å². The monoisotopic (exact) mass is 431 g/mol. The first kappa shape index (κ1) is 46.7. The molecule has 0 heterocycles. The van der Waals surface area contributed by atoms with Gasteiger partial charge in [0.25, 0.3) is 0 Å². The summed E-state index contributed by atoms with van der Waals surface area (Å²) in [4.78, 5) is 9.76. The molecular formula is C6H18Cl2N2O3Pt. The zero-order chi connectivity index (χ0) is 6.41. The number of halogens is 2. The first-order valence-corrected chi connectivity index (χ1v) is 2.97. The number of hydrogen-bond acceptors (Lipinski definition) is 5. The molecule has 0 spiro atoms. The van der Waals surface area contributed by atoms with Crippen molar-refractivity contribution in [3.05, 3.63) is 0 Å². The second-order valence-corrected chi connectivity index (χ2v) is 1.83. The molecule has 0 radical (unpaired) electrons. The fraction of sp³-hybridized carbons (Fsp3) is 0.833. The summed E-state index contributed by atoms with van der Waals surface area (Å²) < 4.78 is 0. The van der Waals surface area contributed by atoms with E-state index in [9.17, 15) is 9.90 Å². The molecule has 0 aliphatic rings. The molecule has 0 rings (SSSR count). The van der Waals surface area contributed by atoms with Crippen LogP contribution in [0.25, 0.3) is 0 Å². The molecule has 0 unspecified atom stereocenters. The van der Waals surface area contributed by atoms with Crippen molar-refractivity contribution in [2.24, 2.45) is 0 Å². The fourth-order valence-corrected chi connectivity index (χ4v) is 0.519. The Morgan fingerprint density at radius 3 is 1.71 bits per heavy atom. The molecule has 0 aliphatic heterocycles. The van der Waals surface area contributed by atoms with Crippen molar-refractivity contribution in [2.75, 3.05) is 0 Å². The van der Waals surface area contributed by atoms with E-state index in [2.05, 4.69) is 0 Å². The van der Waals surface area contributed by atoms with E-state index in [1.54, 1.807) is 0 Å². The van der Waals surface area contributed by atoms with E-state index in [0.29, 0.717) is 0 Å². The van der Waals surface area contributed by atoms with Gasteiger partial charge in [-0.05, 0) is 12.8 Å². The van der Waals surface area contributed by atoms with Gasteiger partial charge in [0, 0.05) is 5.97 Å². The van der Waals surface area contributed by atoms with Gasteiger partial charge in [0.05, 0.1) is 0 Å². The minimum atomic E-state index is -0.932. The van der Waals surface area contributed by atoms with Gasteiger partial charge in [-0.25, -0.2) is 0 Å². The van der Waals surface area contributed by atoms with E-state index in [1.165, 1.54) is 0 Å². The first-order valence-electron chi connectivity index (χ1n) is 2.97. The molecule has 0 aromatic carbocycles. The molecule has 0 amide bonds. The van der Waals surface area contributed by atoms with Crippen LogP contribution in [0.5, 0.6) is 0 Å². The molecule has 0 aromatic heterocycles. The van der Waals surface area contributed by atoms with Crippen LogP contribution in [0.2, 0.25) is 0 Å². The van der Waals surface area contributed by atoms with E-state index >= 15 is 0 Å². The Bertz CT molecular complexity index is 91.5. The van der Waals surface area contributed by atoms with Crippen LogP contribution in [0.15, 0.2) is 0 Å². The summed E-state index contributed by atoms with van der Waals surface area (Å²) in [6.07, 6.45) is 3.04. The maximum atomic E-state index is 9.76. The summed E-state index contributed by atoms with van der Waals surface area (Å²) >= 11 is 0. The van der Waals surface area contributed by atoms with Crippen LogP contribution in [0.3, 0.4) is 0 Å². The number of aliphatic carboxylic acids is 1.